The Bertz CT molecular complexity index is 724. The number of rotatable bonds is 5. The number of nitrogens with zero attached hydrogens (tertiary/aromatic N) is 4. The molecule has 3 rings (SSSR count). The molecule has 112 valence electrons. The topological polar surface area (TPSA) is 76.7 Å². The van der Waals surface area contributed by atoms with E-state index in [2.05, 4.69) is 38.4 Å². The number of nitrogens with one attached hydrogen (secondary N) is 1. The molecule has 0 saturated carbocycles. The average molecular weight is 295 g/mol. The van der Waals surface area contributed by atoms with Crippen molar-refractivity contribution in [1.29, 1.82) is 0 Å². The Hall–Kier alpha value is -2.76. The maximum absolute atomic E-state index is 5.12. The summed E-state index contributed by atoms with van der Waals surface area (Å²) in [5.74, 6) is 1.92. The Kier molecular flexibility index (Phi) is 4.09. The van der Waals surface area contributed by atoms with Gasteiger partial charge in [-0.15, -0.1) is 0 Å². The molecule has 3 aromatic heterocycles. The Morgan fingerprint density at radius 3 is 2.77 bits per heavy atom. The Balaban J connectivity index is 1.63. The molecule has 3 aromatic rings. The number of pyridine rings is 2. The van der Waals surface area contributed by atoms with Crippen LogP contribution in [0.5, 0.6) is 0 Å². The van der Waals surface area contributed by atoms with E-state index in [0.29, 0.717) is 11.7 Å². The van der Waals surface area contributed by atoms with Gasteiger partial charge in [0.05, 0.1) is 5.56 Å². The summed E-state index contributed by atoms with van der Waals surface area (Å²) in [6, 6.07) is 8.10. The number of aromatic nitrogens is 4. The highest BCUT2D eigenvalue weighted by Crippen LogP contribution is 2.18. The molecule has 0 spiro atoms. The van der Waals surface area contributed by atoms with Gasteiger partial charge in [0.25, 0.3) is 5.89 Å². The Labute approximate surface area is 128 Å². The molecule has 0 bridgehead atoms. The van der Waals surface area contributed by atoms with Crippen LogP contribution in [-0.4, -0.2) is 26.2 Å². The molecule has 0 saturated heterocycles. The highest BCUT2D eigenvalue weighted by atomic mass is 16.5. The number of aryl methyl sites for hydroxylation is 1. The lowest BCUT2D eigenvalue weighted by atomic mass is 10.1. The number of hydrogen-bond donors (Lipinski definition) is 1. The molecule has 0 fully saturated rings. The first-order valence-electron chi connectivity index (χ1n) is 7.13. The van der Waals surface area contributed by atoms with Crippen molar-refractivity contribution in [3.63, 3.8) is 0 Å². The summed E-state index contributed by atoms with van der Waals surface area (Å²) in [6.45, 7) is 3.90. The van der Waals surface area contributed by atoms with Crippen LogP contribution in [-0.2, 0) is 6.42 Å². The molecule has 0 aliphatic rings. The molecular weight excluding hydrogens is 278 g/mol. The third-order valence-electron chi connectivity index (χ3n) is 3.20. The lowest BCUT2D eigenvalue weighted by molar-refractivity contribution is 0.425. The van der Waals surface area contributed by atoms with E-state index < -0.39 is 0 Å². The van der Waals surface area contributed by atoms with E-state index in [0.717, 1.165) is 17.8 Å². The van der Waals surface area contributed by atoms with Crippen molar-refractivity contribution >= 4 is 5.82 Å². The minimum atomic E-state index is 0.258. The van der Waals surface area contributed by atoms with Crippen molar-refractivity contribution in [3.8, 4) is 11.5 Å². The van der Waals surface area contributed by atoms with Crippen molar-refractivity contribution in [2.45, 2.75) is 26.3 Å². The predicted octanol–water partition coefficient (Wildman–Crippen LogP) is 2.88. The van der Waals surface area contributed by atoms with Crippen LogP contribution in [0.25, 0.3) is 11.5 Å². The second-order valence-electron chi connectivity index (χ2n) is 5.19. The number of hydrogen-bond acceptors (Lipinski definition) is 6. The van der Waals surface area contributed by atoms with E-state index in [1.807, 2.05) is 24.4 Å². The van der Waals surface area contributed by atoms with Gasteiger partial charge >= 0.3 is 0 Å². The van der Waals surface area contributed by atoms with Gasteiger partial charge in [-0.1, -0.05) is 11.2 Å². The van der Waals surface area contributed by atoms with Gasteiger partial charge in [0, 0.05) is 24.6 Å². The van der Waals surface area contributed by atoms with Gasteiger partial charge in [-0.25, -0.2) is 4.98 Å². The monoisotopic (exact) mass is 295 g/mol. The van der Waals surface area contributed by atoms with Crippen LogP contribution in [0.2, 0.25) is 0 Å². The van der Waals surface area contributed by atoms with Gasteiger partial charge in [-0.05, 0) is 44.0 Å². The third-order valence-corrected chi connectivity index (χ3v) is 3.20. The first kappa shape index (κ1) is 14.2. The van der Waals surface area contributed by atoms with E-state index in [-0.39, 0.29) is 6.04 Å². The molecular formula is C16H17N5O. The maximum Gasteiger partial charge on any atom is 0.259 e. The fourth-order valence-electron chi connectivity index (χ4n) is 2.20. The zero-order valence-corrected chi connectivity index (χ0v) is 12.5. The van der Waals surface area contributed by atoms with Gasteiger partial charge in [0.2, 0.25) is 0 Å². The second kappa shape index (κ2) is 6.34. The molecule has 1 atom stereocenters. The molecule has 0 aromatic carbocycles. The molecule has 0 aliphatic carbocycles. The molecule has 0 aliphatic heterocycles. The number of anilines is 1. The summed E-state index contributed by atoms with van der Waals surface area (Å²) in [7, 11) is 0. The zero-order chi connectivity index (χ0) is 15.4. The van der Waals surface area contributed by atoms with Crippen molar-refractivity contribution < 1.29 is 4.52 Å². The summed E-state index contributed by atoms with van der Waals surface area (Å²) >= 11 is 0. The molecule has 0 unspecified atom stereocenters. The first-order valence-corrected chi connectivity index (χ1v) is 7.13. The van der Waals surface area contributed by atoms with Crippen molar-refractivity contribution in [1.82, 2.24) is 20.1 Å². The normalized spacial score (nSPS) is 12.1. The SMILES string of the molecule is Cc1noc(-c2ccc(N[C@H](C)Cc3cccnc3)nc2)n1. The Morgan fingerprint density at radius 1 is 1.23 bits per heavy atom. The second-order valence-corrected chi connectivity index (χ2v) is 5.19. The largest absolute Gasteiger partial charge is 0.367 e. The minimum Gasteiger partial charge on any atom is -0.367 e. The van der Waals surface area contributed by atoms with E-state index in [9.17, 15) is 0 Å². The molecule has 1 N–H and O–H groups in total. The van der Waals surface area contributed by atoms with Gasteiger partial charge in [-0.3, -0.25) is 4.98 Å². The molecule has 22 heavy (non-hydrogen) atoms. The van der Waals surface area contributed by atoms with E-state index >= 15 is 0 Å². The predicted molar refractivity (Wildman–Crippen MR) is 83.3 cm³/mol. The van der Waals surface area contributed by atoms with E-state index in [1.54, 1.807) is 19.3 Å². The van der Waals surface area contributed by atoms with Gasteiger partial charge in [-0.2, -0.15) is 4.98 Å². The fourth-order valence-corrected chi connectivity index (χ4v) is 2.20. The van der Waals surface area contributed by atoms with Crippen LogP contribution < -0.4 is 5.32 Å². The quantitative estimate of drug-likeness (QED) is 0.780. The van der Waals surface area contributed by atoms with Gasteiger partial charge in [0.1, 0.15) is 5.82 Å². The standard InChI is InChI=1S/C16H17N5O/c1-11(8-13-4-3-7-17-9-13)19-15-6-5-14(10-18-15)16-20-12(2)21-22-16/h3-7,9-11H,8H2,1-2H3,(H,18,19)/t11-/m1/s1. The lowest BCUT2D eigenvalue weighted by Gasteiger charge is -2.14. The van der Waals surface area contributed by atoms with E-state index in [4.69, 9.17) is 4.52 Å². The zero-order valence-electron chi connectivity index (χ0n) is 12.5. The Morgan fingerprint density at radius 2 is 2.14 bits per heavy atom. The summed E-state index contributed by atoms with van der Waals surface area (Å²) < 4.78 is 5.12. The van der Waals surface area contributed by atoms with Crippen LogP contribution in [0.1, 0.15) is 18.3 Å². The molecule has 0 radical (unpaired) electrons. The van der Waals surface area contributed by atoms with Crippen LogP contribution in [0.4, 0.5) is 5.82 Å². The van der Waals surface area contributed by atoms with Crippen LogP contribution in [0.3, 0.4) is 0 Å². The molecule has 3 heterocycles. The maximum atomic E-state index is 5.12. The molecule has 6 nitrogen and oxygen atoms in total. The van der Waals surface area contributed by atoms with Crippen molar-refractivity contribution in [2.75, 3.05) is 5.32 Å². The lowest BCUT2D eigenvalue weighted by Crippen LogP contribution is -2.18. The van der Waals surface area contributed by atoms with Crippen molar-refractivity contribution in [2.24, 2.45) is 0 Å². The summed E-state index contributed by atoms with van der Waals surface area (Å²) in [6.07, 6.45) is 6.28. The van der Waals surface area contributed by atoms with E-state index in [1.165, 1.54) is 5.56 Å². The van der Waals surface area contributed by atoms with Crippen LogP contribution in [0.15, 0.2) is 47.4 Å². The van der Waals surface area contributed by atoms with Crippen LogP contribution in [0, 0.1) is 6.92 Å². The molecule has 6 heteroatoms. The van der Waals surface area contributed by atoms with Gasteiger partial charge < -0.3 is 9.84 Å². The van der Waals surface area contributed by atoms with Crippen molar-refractivity contribution in [3.05, 3.63) is 54.2 Å². The summed E-state index contributed by atoms with van der Waals surface area (Å²) in [5.41, 5.74) is 2.01. The third kappa shape index (κ3) is 3.46. The minimum absolute atomic E-state index is 0.258. The van der Waals surface area contributed by atoms with Gasteiger partial charge in [0.15, 0.2) is 5.82 Å². The average Bonchev–Trinajstić information content (AvgIpc) is 2.95. The highest BCUT2D eigenvalue weighted by Gasteiger charge is 2.08. The van der Waals surface area contributed by atoms with Crippen LogP contribution >= 0.6 is 0 Å². The fraction of sp³-hybridized carbons (Fsp3) is 0.250. The summed E-state index contributed by atoms with van der Waals surface area (Å²) in [5, 5.41) is 7.14. The smallest absolute Gasteiger partial charge is 0.259 e. The first-order chi connectivity index (χ1) is 10.7. The highest BCUT2D eigenvalue weighted by molar-refractivity contribution is 5.54. The molecule has 0 amide bonds. The summed E-state index contributed by atoms with van der Waals surface area (Å²) in [4.78, 5) is 12.7.